The minimum atomic E-state index is -0.355. The first-order chi connectivity index (χ1) is 3.68. The van der Waals surface area contributed by atoms with E-state index < -0.39 is 0 Å². The number of hydrogen-bond donors (Lipinski definition) is 1. The van der Waals surface area contributed by atoms with E-state index in [2.05, 4.69) is 6.92 Å². The van der Waals surface area contributed by atoms with Crippen molar-refractivity contribution >= 4 is 11.5 Å². The maximum absolute atomic E-state index is 10.2. The van der Waals surface area contributed by atoms with Crippen LogP contribution in [0.15, 0.2) is 0 Å². The molecule has 0 aromatic rings. The average molecular weight is 112 g/mol. The number of nitrogens with one attached hydrogen (secondary N) is 1. The summed E-state index contributed by atoms with van der Waals surface area (Å²) in [5, 5.41) is 6.93. The highest BCUT2D eigenvalue weighted by Gasteiger charge is 1.98. The van der Waals surface area contributed by atoms with Crippen LogP contribution in [-0.4, -0.2) is 11.5 Å². The first-order valence-corrected chi connectivity index (χ1v) is 2.62. The molecule has 45 valence electrons. The van der Waals surface area contributed by atoms with Gasteiger partial charge in [0.1, 0.15) is 0 Å². The summed E-state index contributed by atoms with van der Waals surface area (Å²) in [5.41, 5.74) is 0.132. The minimum Gasteiger partial charge on any atom is -0.302 e. The Morgan fingerprint density at radius 2 is 2.25 bits per heavy atom. The van der Waals surface area contributed by atoms with E-state index in [4.69, 9.17) is 5.41 Å². The summed E-state index contributed by atoms with van der Waals surface area (Å²) in [4.78, 5) is 10.2. The molecule has 0 aliphatic rings. The molecule has 0 bridgehead atoms. The highest BCUT2D eigenvalue weighted by molar-refractivity contribution is 6.40. The Morgan fingerprint density at radius 3 is 2.38 bits per heavy atom. The Bertz CT molecular complexity index is 107. The summed E-state index contributed by atoms with van der Waals surface area (Å²) in [7, 11) is 0. The third-order valence-corrected chi connectivity index (χ3v) is 0.837. The highest BCUT2D eigenvalue weighted by Crippen LogP contribution is 1.88. The molecule has 1 radical (unpaired) electrons. The molecule has 0 heterocycles. The van der Waals surface area contributed by atoms with E-state index in [0.717, 1.165) is 6.42 Å². The molecule has 0 saturated heterocycles. The maximum atomic E-state index is 10.2. The number of rotatable bonds is 3. The largest absolute Gasteiger partial charge is 0.302 e. The summed E-state index contributed by atoms with van der Waals surface area (Å²) >= 11 is 0. The number of carbonyl (C=O) groups excluding carboxylic acids is 1. The van der Waals surface area contributed by atoms with Crippen LogP contribution in [0, 0.1) is 12.3 Å². The van der Waals surface area contributed by atoms with Crippen LogP contribution in [0.5, 0.6) is 0 Å². The molecule has 0 atom stereocenters. The maximum Gasteiger partial charge on any atom is 0.176 e. The van der Waals surface area contributed by atoms with Crippen molar-refractivity contribution < 1.29 is 4.79 Å². The molecule has 2 heteroatoms. The van der Waals surface area contributed by atoms with E-state index in [9.17, 15) is 4.79 Å². The Hall–Kier alpha value is -0.660. The van der Waals surface area contributed by atoms with Gasteiger partial charge in [-0.05, 0) is 6.42 Å². The number of ketones is 1. The van der Waals surface area contributed by atoms with Crippen LogP contribution < -0.4 is 0 Å². The van der Waals surface area contributed by atoms with Crippen molar-refractivity contribution in [1.29, 1.82) is 5.41 Å². The van der Waals surface area contributed by atoms with Crippen molar-refractivity contribution in [2.24, 2.45) is 0 Å². The molecule has 0 fully saturated rings. The van der Waals surface area contributed by atoms with Gasteiger partial charge in [0.15, 0.2) is 5.78 Å². The van der Waals surface area contributed by atoms with Crippen molar-refractivity contribution in [3.8, 4) is 0 Å². The van der Waals surface area contributed by atoms with Gasteiger partial charge in [-0.3, -0.25) is 4.79 Å². The lowest BCUT2D eigenvalue weighted by molar-refractivity contribution is -0.109. The molecular formula is C6H10NO. The lowest BCUT2D eigenvalue weighted by Crippen LogP contribution is -2.06. The van der Waals surface area contributed by atoms with Gasteiger partial charge in [0.25, 0.3) is 0 Å². The third kappa shape index (κ3) is 2.50. The molecule has 1 N–H and O–H groups in total. The van der Waals surface area contributed by atoms with Crippen LogP contribution in [0.3, 0.4) is 0 Å². The van der Waals surface area contributed by atoms with E-state index in [1.54, 1.807) is 0 Å². The molecule has 0 spiro atoms. The second-order valence-electron chi connectivity index (χ2n) is 1.65. The van der Waals surface area contributed by atoms with Crippen LogP contribution in [-0.2, 0) is 4.79 Å². The van der Waals surface area contributed by atoms with Crippen LogP contribution in [0.1, 0.15) is 19.8 Å². The first-order valence-electron chi connectivity index (χ1n) is 2.62. The Morgan fingerprint density at radius 1 is 1.75 bits per heavy atom. The molecule has 0 amide bonds. The summed E-state index contributed by atoms with van der Waals surface area (Å²) < 4.78 is 0. The van der Waals surface area contributed by atoms with Crippen LogP contribution in [0.25, 0.3) is 0 Å². The Balaban J connectivity index is 3.49. The normalized spacial score (nSPS) is 8.75. The summed E-state index contributed by atoms with van der Waals surface area (Å²) in [6.45, 7) is 5.02. The number of hydrogen-bond acceptors (Lipinski definition) is 2. The molecule has 0 aromatic heterocycles. The van der Waals surface area contributed by atoms with Crippen LogP contribution >= 0.6 is 0 Å². The van der Waals surface area contributed by atoms with Crippen molar-refractivity contribution in [3.63, 3.8) is 0 Å². The third-order valence-electron chi connectivity index (χ3n) is 0.837. The molecule has 8 heavy (non-hydrogen) atoms. The fourth-order valence-corrected chi connectivity index (χ4v) is 0.389. The smallest absolute Gasteiger partial charge is 0.176 e. The van der Waals surface area contributed by atoms with Gasteiger partial charge in [-0.15, -0.1) is 0 Å². The SMILES string of the molecule is [CH2]C(=O)C(=N)CCC. The quantitative estimate of drug-likeness (QED) is 0.548. The van der Waals surface area contributed by atoms with E-state index in [1.807, 2.05) is 6.92 Å². The fraction of sp³-hybridized carbons (Fsp3) is 0.500. The van der Waals surface area contributed by atoms with Gasteiger partial charge in [0.05, 0.1) is 5.71 Å². The van der Waals surface area contributed by atoms with Gasteiger partial charge in [-0.2, -0.15) is 0 Å². The number of carbonyl (C=O) groups is 1. The lowest BCUT2D eigenvalue weighted by atomic mass is 10.2. The zero-order chi connectivity index (χ0) is 6.57. The Labute approximate surface area is 49.4 Å². The molecule has 0 rings (SSSR count). The monoisotopic (exact) mass is 112 g/mol. The van der Waals surface area contributed by atoms with E-state index >= 15 is 0 Å². The van der Waals surface area contributed by atoms with Crippen molar-refractivity contribution in [1.82, 2.24) is 0 Å². The highest BCUT2D eigenvalue weighted by atomic mass is 16.1. The van der Waals surface area contributed by atoms with Gasteiger partial charge in [-0.25, -0.2) is 0 Å². The molecule has 0 aliphatic carbocycles. The zero-order valence-corrected chi connectivity index (χ0v) is 5.03. The molecule has 0 aromatic carbocycles. The predicted octanol–water partition coefficient (Wildman–Crippen LogP) is 1.21. The molecule has 2 nitrogen and oxygen atoms in total. The van der Waals surface area contributed by atoms with Crippen molar-refractivity contribution in [2.75, 3.05) is 0 Å². The van der Waals surface area contributed by atoms with Gasteiger partial charge < -0.3 is 5.41 Å². The van der Waals surface area contributed by atoms with Gasteiger partial charge >= 0.3 is 0 Å². The zero-order valence-electron chi connectivity index (χ0n) is 5.03. The van der Waals surface area contributed by atoms with E-state index in [0.29, 0.717) is 6.42 Å². The van der Waals surface area contributed by atoms with Crippen LogP contribution in [0.2, 0.25) is 0 Å². The topological polar surface area (TPSA) is 40.9 Å². The standard InChI is InChI=1S/C6H10NO/c1-3-4-6(7)5(2)8/h7H,2-4H2,1H3. The van der Waals surface area contributed by atoms with Crippen molar-refractivity contribution in [2.45, 2.75) is 19.8 Å². The molecular weight excluding hydrogens is 102 g/mol. The Kier molecular flexibility index (Phi) is 3.08. The van der Waals surface area contributed by atoms with E-state index in [-0.39, 0.29) is 11.5 Å². The first kappa shape index (κ1) is 7.34. The molecule has 0 unspecified atom stereocenters. The second kappa shape index (κ2) is 3.36. The second-order valence-corrected chi connectivity index (χ2v) is 1.65. The minimum absolute atomic E-state index is 0.132. The fourth-order valence-electron chi connectivity index (χ4n) is 0.389. The van der Waals surface area contributed by atoms with E-state index in [1.165, 1.54) is 0 Å². The summed E-state index contributed by atoms with van der Waals surface area (Å²) in [6, 6.07) is 0. The molecule has 0 aliphatic heterocycles. The van der Waals surface area contributed by atoms with Gasteiger partial charge in [0, 0.05) is 6.92 Å². The predicted molar refractivity (Wildman–Crippen MR) is 33.0 cm³/mol. The van der Waals surface area contributed by atoms with Gasteiger partial charge in [-0.1, -0.05) is 13.3 Å². The summed E-state index contributed by atoms with van der Waals surface area (Å²) in [5.74, 6) is -0.355. The summed E-state index contributed by atoms with van der Waals surface area (Å²) in [6.07, 6.45) is 1.41. The van der Waals surface area contributed by atoms with Crippen molar-refractivity contribution in [3.05, 3.63) is 6.92 Å². The van der Waals surface area contributed by atoms with Crippen LogP contribution in [0.4, 0.5) is 0 Å². The lowest BCUT2D eigenvalue weighted by Gasteiger charge is -1.91. The molecule has 0 saturated carbocycles. The number of Topliss-reactive ketones (excluding diaryl/α,β-unsaturated/α-hetero) is 1. The van der Waals surface area contributed by atoms with Gasteiger partial charge in [0.2, 0.25) is 0 Å². The average Bonchev–Trinajstić information content (AvgIpc) is 1.67.